The van der Waals surface area contributed by atoms with Gasteiger partial charge in [-0.25, -0.2) is 0 Å². The van der Waals surface area contributed by atoms with Crippen molar-refractivity contribution in [3.05, 3.63) is 0 Å². The summed E-state index contributed by atoms with van der Waals surface area (Å²) >= 11 is 0. The molecule has 4 fully saturated rings. The molecule has 4 aliphatic rings. The van der Waals surface area contributed by atoms with Gasteiger partial charge in [-0.1, -0.05) is 6.92 Å². The number of likely N-dealkylation sites (N-methyl/N-ethyl adjacent to an activating group) is 1. The summed E-state index contributed by atoms with van der Waals surface area (Å²) < 4.78 is 17.2. The Morgan fingerprint density at radius 3 is 2.56 bits per heavy atom. The molecule has 2 bridgehead atoms. The highest BCUT2D eigenvalue weighted by Gasteiger charge is 2.70. The van der Waals surface area contributed by atoms with Crippen molar-refractivity contribution in [1.82, 2.24) is 4.90 Å². The fourth-order valence-electron chi connectivity index (χ4n) is 5.74. The Balaban J connectivity index is 1.52. The first-order chi connectivity index (χ1) is 12.8. The standard InChI is InChI=1S/C20H29NO6/c1-4-20(7-5-6-8-20)27-19(24)15-12-9-11-14(15)18(23)26-17(11)16(12)25-13(22)10-21(2)3/h11-12,14-17H,4-10H2,1-3H3. The van der Waals surface area contributed by atoms with Gasteiger partial charge in [0.05, 0.1) is 18.4 Å². The van der Waals surface area contributed by atoms with Crippen LogP contribution in [-0.4, -0.2) is 61.3 Å². The van der Waals surface area contributed by atoms with Crippen LogP contribution >= 0.6 is 0 Å². The average molecular weight is 379 g/mol. The van der Waals surface area contributed by atoms with Gasteiger partial charge in [-0.15, -0.1) is 0 Å². The van der Waals surface area contributed by atoms with Crippen molar-refractivity contribution in [2.75, 3.05) is 20.6 Å². The summed E-state index contributed by atoms with van der Waals surface area (Å²) in [6.07, 6.45) is 4.42. The molecule has 6 atom stereocenters. The fourth-order valence-corrected chi connectivity index (χ4v) is 5.74. The summed E-state index contributed by atoms with van der Waals surface area (Å²) in [5, 5.41) is 0. The molecule has 6 unspecified atom stereocenters. The Morgan fingerprint density at radius 2 is 1.93 bits per heavy atom. The van der Waals surface area contributed by atoms with Crippen LogP contribution in [-0.2, 0) is 28.6 Å². The van der Waals surface area contributed by atoms with E-state index in [4.69, 9.17) is 14.2 Å². The van der Waals surface area contributed by atoms with E-state index in [1.165, 1.54) is 0 Å². The Hall–Kier alpha value is -1.63. The first-order valence-electron chi connectivity index (χ1n) is 10.1. The third-order valence-electron chi connectivity index (χ3n) is 7.01. The molecule has 1 aliphatic heterocycles. The molecule has 27 heavy (non-hydrogen) atoms. The van der Waals surface area contributed by atoms with E-state index in [1.807, 2.05) is 6.92 Å². The molecule has 0 N–H and O–H groups in total. The van der Waals surface area contributed by atoms with Gasteiger partial charge in [-0.2, -0.15) is 0 Å². The van der Waals surface area contributed by atoms with Gasteiger partial charge in [-0.05, 0) is 52.6 Å². The second-order valence-corrected chi connectivity index (χ2v) is 8.87. The third kappa shape index (κ3) is 3.04. The third-order valence-corrected chi connectivity index (χ3v) is 7.01. The van der Waals surface area contributed by atoms with E-state index >= 15 is 0 Å². The van der Waals surface area contributed by atoms with Gasteiger partial charge in [0.15, 0.2) is 0 Å². The number of carbonyl (C=O) groups excluding carboxylic acids is 3. The molecular weight excluding hydrogens is 350 g/mol. The number of nitrogens with zero attached hydrogens (tertiary/aromatic N) is 1. The SMILES string of the molecule is CCC1(OC(=O)C2C3CC4C(OC(=O)C42)C3OC(=O)CN(C)C)CCCC1. The van der Waals surface area contributed by atoms with Crippen LogP contribution in [0.5, 0.6) is 0 Å². The largest absolute Gasteiger partial charge is 0.459 e. The van der Waals surface area contributed by atoms with E-state index in [9.17, 15) is 14.4 Å². The average Bonchev–Trinajstić information content (AvgIpc) is 3.32. The Bertz CT molecular complexity index is 640. The highest BCUT2D eigenvalue weighted by molar-refractivity contribution is 5.86. The molecule has 0 aromatic carbocycles. The van der Waals surface area contributed by atoms with Crippen LogP contribution < -0.4 is 0 Å². The molecule has 0 amide bonds. The van der Waals surface area contributed by atoms with Gasteiger partial charge in [0.25, 0.3) is 0 Å². The molecule has 0 radical (unpaired) electrons. The number of carbonyl (C=O) groups is 3. The molecule has 3 saturated carbocycles. The van der Waals surface area contributed by atoms with Crippen molar-refractivity contribution in [3.63, 3.8) is 0 Å². The van der Waals surface area contributed by atoms with Gasteiger partial charge in [0.1, 0.15) is 17.8 Å². The Morgan fingerprint density at radius 1 is 1.22 bits per heavy atom. The van der Waals surface area contributed by atoms with Crippen molar-refractivity contribution < 1.29 is 28.6 Å². The number of hydrogen-bond acceptors (Lipinski definition) is 7. The summed E-state index contributed by atoms with van der Waals surface area (Å²) in [5.74, 6) is -2.22. The first kappa shape index (κ1) is 18.7. The molecule has 3 aliphatic carbocycles. The van der Waals surface area contributed by atoms with Crippen molar-refractivity contribution in [2.24, 2.45) is 23.7 Å². The molecule has 0 aromatic rings. The minimum atomic E-state index is -0.553. The van der Waals surface area contributed by atoms with Crippen molar-refractivity contribution in [2.45, 2.75) is 63.3 Å². The molecular formula is C20H29NO6. The topological polar surface area (TPSA) is 82.1 Å². The molecule has 1 heterocycles. The number of rotatable bonds is 6. The molecule has 7 heteroatoms. The Kier molecular flexibility index (Phi) is 4.69. The zero-order valence-electron chi connectivity index (χ0n) is 16.3. The van der Waals surface area contributed by atoms with Crippen LogP contribution in [0.4, 0.5) is 0 Å². The van der Waals surface area contributed by atoms with Crippen LogP contribution in [0.15, 0.2) is 0 Å². The van der Waals surface area contributed by atoms with E-state index in [0.717, 1.165) is 32.1 Å². The maximum atomic E-state index is 13.1. The van der Waals surface area contributed by atoms with Crippen molar-refractivity contribution in [3.8, 4) is 0 Å². The molecule has 0 spiro atoms. The van der Waals surface area contributed by atoms with Crippen LogP contribution in [0.2, 0.25) is 0 Å². The van der Waals surface area contributed by atoms with Crippen molar-refractivity contribution >= 4 is 17.9 Å². The maximum Gasteiger partial charge on any atom is 0.320 e. The van der Waals surface area contributed by atoms with Gasteiger partial charge in [0.2, 0.25) is 0 Å². The second-order valence-electron chi connectivity index (χ2n) is 8.87. The summed E-state index contributed by atoms with van der Waals surface area (Å²) in [5.41, 5.74) is -0.391. The Labute approximate surface area is 159 Å². The van der Waals surface area contributed by atoms with E-state index in [0.29, 0.717) is 6.42 Å². The van der Waals surface area contributed by atoms with Gasteiger partial charge in [-0.3, -0.25) is 19.3 Å². The minimum Gasteiger partial charge on any atom is -0.459 e. The van der Waals surface area contributed by atoms with Gasteiger partial charge >= 0.3 is 17.9 Å². The minimum absolute atomic E-state index is 0.0432. The van der Waals surface area contributed by atoms with E-state index in [1.54, 1.807) is 19.0 Å². The van der Waals surface area contributed by atoms with Crippen LogP contribution in [0.1, 0.15) is 45.4 Å². The lowest BCUT2D eigenvalue weighted by Gasteiger charge is -2.34. The zero-order valence-corrected chi connectivity index (χ0v) is 16.3. The van der Waals surface area contributed by atoms with Crippen LogP contribution in [0, 0.1) is 23.7 Å². The summed E-state index contributed by atoms with van der Waals surface area (Å²) in [6, 6.07) is 0. The zero-order chi connectivity index (χ0) is 19.3. The first-order valence-corrected chi connectivity index (χ1v) is 10.1. The monoisotopic (exact) mass is 379 g/mol. The quantitative estimate of drug-likeness (QED) is 0.511. The predicted octanol–water partition coefficient (Wildman–Crippen LogP) is 1.53. The van der Waals surface area contributed by atoms with Gasteiger partial charge in [0, 0.05) is 11.8 Å². The molecule has 4 rings (SSSR count). The van der Waals surface area contributed by atoms with E-state index in [2.05, 4.69) is 0 Å². The maximum absolute atomic E-state index is 13.1. The van der Waals surface area contributed by atoms with Crippen LogP contribution in [0.3, 0.4) is 0 Å². The highest BCUT2D eigenvalue weighted by Crippen LogP contribution is 2.59. The number of fused-ring (bicyclic) bond motifs is 1. The highest BCUT2D eigenvalue weighted by atomic mass is 16.6. The van der Waals surface area contributed by atoms with E-state index in [-0.39, 0.29) is 36.3 Å². The van der Waals surface area contributed by atoms with E-state index < -0.39 is 29.6 Å². The normalized spacial score (nSPS) is 38.3. The number of esters is 3. The summed E-state index contributed by atoms with van der Waals surface area (Å²) in [7, 11) is 3.58. The lowest BCUT2D eigenvalue weighted by Crippen LogP contribution is -2.46. The van der Waals surface area contributed by atoms with Crippen molar-refractivity contribution in [1.29, 1.82) is 0 Å². The second kappa shape index (κ2) is 6.76. The number of hydrogen-bond donors (Lipinski definition) is 0. The fraction of sp³-hybridized carbons (Fsp3) is 0.850. The molecule has 7 nitrogen and oxygen atoms in total. The summed E-state index contributed by atoms with van der Waals surface area (Å²) in [6.45, 7) is 2.21. The smallest absolute Gasteiger partial charge is 0.320 e. The molecule has 150 valence electrons. The molecule has 0 aromatic heterocycles. The van der Waals surface area contributed by atoms with Crippen LogP contribution in [0.25, 0.3) is 0 Å². The predicted molar refractivity (Wildman–Crippen MR) is 94.5 cm³/mol. The van der Waals surface area contributed by atoms with Gasteiger partial charge < -0.3 is 14.2 Å². The summed E-state index contributed by atoms with van der Waals surface area (Å²) in [4.78, 5) is 39.5. The lowest BCUT2D eigenvalue weighted by molar-refractivity contribution is -0.175. The molecule has 1 saturated heterocycles. The number of ether oxygens (including phenoxy) is 3. The lowest BCUT2D eigenvalue weighted by atomic mass is 9.78.